The Balaban J connectivity index is 2.08. The molecule has 0 atom stereocenters. The van der Waals surface area contributed by atoms with Gasteiger partial charge in [-0.2, -0.15) is 0 Å². The van der Waals surface area contributed by atoms with Crippen LogP contribution in [0.3, 0.4) is 0 Å². The standard InChI is InChI=1S/C16H19N3O2/c1-10-6-12(7-11(2)15(10)20)9-18-13-4-3-5-14(8-13)19-16(17)21/h3-8,18,20H,9H2,1-2H3,(H3,17,19,21). The third-order valence-corrected chi connectivity index (χ3v) is 3.18. The Labute approximate surface area is 123 Å². The summed E-state index contributed by atoms with van der Waals surface area (Å²) in [6.45, 7) is 4.38. The molecule has 2 amide bonds. The average Bonchev–Trinajstić information content (AvgIpc) is 2.42. The van der Waals surface area contributed by atoms with E-state index in [2.05, 4.69) is 10.6 Å². The lowest BCUT2D eigenvalue weighted by Crippen LogP contribution is -2.19. The van der Waals surface area contributed by atoms with Crippen LogP contribution in [-0.2, 0) is 6.54 Å². The maximum Gasteiger partial charge on any atom is 0.316 e. The number of benzene rings is 2. The van der Waals surface area contributed by atoms with E-state index in [9.17, 15) is 9.90 Å². The van der Waals surface area contributed by atoms with Gasteiger partial charge in [0.2, 0.25) is 0 Å². The van der Waals surface area contributed by atoms with E-state index in [1.54, 1.807) is 6.07 Å². The third-order valence-electron chi connectivity index (χ3n) is 3.18. The molecule has 2 aromatic rings. The van der Waals surface area contributed by atoms with Crippen molar-refractivity contribution < 1.29 is 9.90 Å². The highest BCUT2D eigenvalue weighted by molar-refractivity contribution is 5.88. The first-order valence-electron chi connectivity index (χ1n) is 6.65. The smallest absolute Gasteiger partial charge is 0.316 e. The van der Waals surface area contributed by atoms with E-state index < -0.39 is 6.03 Å². The lowest BCUT2D eigenvalue weighted by Gasteiger charge is -2.11. The van der Waals surface area contributed by atoms with Gasteiger partial charge in [0, 0.05) is 17.9 Å². The molecule has 0 unspecified atom stereocenters. The zero-order valence-electron chi connectivity index (χ0n) is 12.1. The number of anilines is 2. The number of hydrogen-bond acceptors (Lipinski definition) is 3. The zero-order valence-corrected chi connectivity index (χ0v) is 12.1. The first-order chi connectivity index (χ1) is 9.95. The lowest BCUT2D eigenvalue weighted by atomic mass is 10.1. The topological polar surface area (TPSA) is 87.4 Å². The molecule has 5 nitrogen and oxygen atoms in total. The summed E-state index contributed by atoms with van der Waals surface area (Å²) < 4.78 is 0. The summed E-state index contributed by atoms with van der Waals surface area (Å²) in [7, 11) is 0. The van der Waals surface area contributed by atoms with Crippen LogP contribution in [0.2, 0.25) is 0 Å². The molecule has 0 aliphatic rings. The zero-order chi connectivity index (χ0) is 15.4. The van der Waals surface area contributed by atoms with Crippen LogP contribution in [0, 0.1) is 13.8 Å². The highest BCUT2D eigenvalue weighted by Crippen LogP contribution is 2.23. The number of nitrogens with one attached hydrogen (secondary N) is 2. The number of primary amides is 1. The molecule has 5 heteroatoms. The van der Waals surface area contributed by atoms with Gasteiger partial charge in [-0.25, -0.2) is 4.79 Å². The highest BCUT2D eigenvalue weighted by atomic mass is 16.3. The van der Waals surface area contributed by atoms with E-state index in [-0.39, 0.29) is 0 Å². The summed E-state index contributed by atoms with van der Waals surface area (Å²) in [4.78, 5) is 10.8. The van der Waals surface area contributed by atoms with Crippen LogP contribution in [-0.4, -0.2) is 11.1 Å². The molecule has 0 heterocycles. The van der Waals surface area contributed by atoms with Crippen LogP contribution in [0.1, 0.15) is 16.7 Å². The predicted octanol–water partition coefficient (Wildman–Crippen LogP) is 3.11. The number of phenolic OH excluding ortho intramolecular Hbond substituents is 1. The van der Waals surface area contributed by atoms with Crippen LogP contribution in [0.5, 0.6) is 5.75 Å². The summed E-state index contributed by atoms with van der Waals surface area (Å²) in [5.74, 6) is 0.339. The Bertz CT molecular complexity index is 645. The van der Waals surface area contributed by atoms with E-state index >= 15 is 0 Å². The van der Waals surface area contributed by atoms with Crippen LogP contribution >= 0.6 is 0 Å². The van der Waals surface area contributed by atoms with Crippen molar-refractivity contribution in [1.82, 2.24) is 0 Å². The number of hydrogen-bond donors (Lipinski definition) is 4. The number of nitrogens with two attached hydrogens (primary N) is 1. The number of phenols is 1. The fraction of sp³-hybridized carbons (Fsp3) is 0.188. The first-order valence-corrected chi connectivity index (χ1v) is 6.65. The average molecular weight is 285 g/mol. The molecular formula is C16H19N3O2. The molecule has 0 aliphatic carbocycles. The maximum absolute atomic E-state index is 10.8. The van der Waals surface area contributed by atoms with Crippen molar-refractivity contribution in [3.05, 3.63) is 53.1 Å². The summed E-state index contributed by atoms with van der Waals surface area (Å²) in [6.07, 6.45) is 0. The van der Waals surface area contributed by atoms with Crippen molar-refractivity contribution in [1.29, 1.82) is 0 Å². The van der Waals surface area contributed by atoms with Crippen LogP contribution in [0.25, 0.3) is 0 Å². The molecular weight excluding hydrogens is 266 g/mol. The molecule has 0 saturated heterocycles. The molecule has 0 spiro atoms. The van der Waals surface area contributed by atoms with Gasteiger partial charge in [-0.3, -0.25) is 0 Å². The number of urea groups is 1. The van der Waals surface area contributed by atoms with Gasteiger partial charge < -0.3 is 21.5 Å². The van der Waals surface area contributed by atoms with E-state index in [0.717, 1.165) is 22.4 Å². The van der Waals surface area contributed by atoms with Crippen molar-refractivity contribution in [2.75, 3.05) is 10.6 Å². The van der Waals surface area contributed by atoms with Gasteiger partial charge in [0.05, 0.1) is 0 Å². The molecule has 110 valence electrons. The number of carbonyl (C=O) groups is 1. The lowest BCUT2D eigenvalue weighted by molar-refractivity contribution is 0.259. The SMILES string of the molecule is Cc1cc(CNc2cccc(NC(N)=O)c2)cc(C)c1O. The third kappa shape index (κ3) is 3.89. The number of aromatic hydroxyl groups is 1. The van der Waals surface area contributed by atoms with Gasteiger partial charge >= 0.3 is 6.03 Å². The van der Waals surface area contributed by atoms with Crippen LogP contribution < -0.4 is 16.4 Å². The van der Waals surface area contributed by atoms with E-state index in [0.29, 0.717) is 18.0 Å². The molecule has 0 fully saturated rings. The second kappa shape index (κ2) is 6.17. The fourth-order valence-electron chi connectivity index (χ4n) is 2.20. The Morgan fingerprint density at radius 1 is 1.14 bits per heavy atom. The second-order valence-corrected chi connectivity index (χ2v) is 5.00. The van der Waals surface area contributed by atoms with Crippen LogP contribution in [0.4, 0.5) is 16.2 Å². The minimum atomic E-state index is -0.586. The molecule has 0 bridgehead atoms. The van der Waals surface area contributed by atoms with Gasteiger partial charge in [0.1, 0.15) is 5.75 Å². The fourth-order valence-corrected chi connectivity index (χ4v) is 2.20. The Kier molecular flexibility index (Phi) is 4.33. The molecule has 0 aliphatic heterocycles. The Morgan fingerprint density at radius 3 is 2.38 bits per heavy atom. The number of aryl methyl sites for hydroxylation is 2. The minimum Gasteiger partial charge on any atom is -0.507 e. The Morgan fingerprint density at radius 2 is 1.76 bits per heavy atom. The molecule has 0 saturated carbocycles. The summed E-state index contributed by atoms with van der Waals surface area (Å²) in [6, 6.07) is 10.6. The van der Waals surface area contributed by atoms with Crippen molar-refractivity contribution in [3.8, 4) is 5.75 Å². The molecule has 2 rings (SSSR count). The molecule has 2 aromatic carbocycles. The number of amides is 2. The van der Waals surface area contributed by atoms with E-state index in [1.807, 2.05) is 44.2 Å². The quantitative estimate of drug-likeness (QED) is 0.696. The maximum atomic E-state index is 10.8. The van der Waals surface area contributed by atoms with E-state index in [4.69, 9.17) is 5.73 Å². The molecule has 0 aromatic heterocycles. The van der Waals surface area contributed by atoms with Gasteiger partial charge in [-0.15, -0.1) is 0 Å². The monoisotopic (exact) mass is 285 g/mol. The number of rotatable bonds is 4. The predicted molar refractivity (Wildman–Crippen MR) is 84.6 cm³/mol. The van der Waals surface area contributed by atoms with Crippen molar-refractivity contribution in [2.45, 2.75) is 20.4 Å². The first kappa shape index (κ1) is 14.7. The molecule has 0 radical (unpaired) electrons. The van der Waals surface area contributed by atoms with Crippen LogP contribution in [0.15, 0.2) is 36.4 Å². The summed E-state index contributed by atoms with van der Waals surface area (Å²) in [5.41, 5.74) is 9.41. The van der Waals surface area contributed by atoms with Gasteiger partial charge in [-0.1, -0.05) is 18.2 Å². The van der Waals surface area contributed by atoms with Gasteiger partial charge in [0.15, 0.2) is 0 Å². The van der Waals surface area contributed by atoms with Gasteiger partial charge in [-0.05, 0) is 48.7 Å². The van der Waals surface area contributed by atoms with Crippen molar-refractivity contribution in [2.24, 2.45) is 5.73 Å². The van der Waals surface area contributed by atoms with Gasteiger partial charge in [0.25, 0.3) is 0 Å². The second-order valence-electron chi connectivity index (χ2n) is 5.00. The highest BCUT2D eigenvalue weighted by Gasteiger charge is 2.04. The van der Waals surface area contributed by atoms with Crippen molar-refractivity contribution in [3.63, 3.8) is 0 Å². The molecule has 5 N–H and O–H groups in total. The van der Waals surface area contributed by atoms with Crippen molar-refractivity contribution >= 4 is 17.4 Å². The van der Waals surface area contributed by atoms with E-state index in [1.165, 1.54) is 0 Å². The normalized spacial score (nSPS) is 10.2. The summed E-state index contributed by atoms with van der Waals surface area (Å²) in [5, 5.41) is 15.6. The summed E-state index contributed by atoms with van der Waals surface area (Å²) >= 11 is 0. The number of carbonyl (C=O) groups excluding carboxylic acids is 1. The molecule has 21 heavy (non-hydrogen) atoms. The minimum absolute atomic E-state index is 0.339. The largest absolute Gasteiger partial charge is 0.507 e. The Hall–Kier alpha value is -2.69.